The van der Waals surface area contributed by atoms with Crippen molar-refractivity contribution in [2.24, 2.45) is 0 Å². The van der Waals surface area contributed by atoms with Crippen LogP contribution in [-0.4, -0.2) is 64.7 Å². The summed E-state index contributed by atoms with van der Waals surface area (Å²) in [5.41, 5.74) is 3.08. The minimum Gasteiger partial charge on any atom is -0.508 e. The second-order valence-electron chi connectivity index (χ2n) is 10.8. The lowest BCUT2D eigenvalue weighted by molar-refractivity contribution is -0.870. The minimum absolute atomic E-state index is 0.0306. The first-order valence-electron chi connectivity index (χ1n) is 11.7. The van der Waals surface area contributed by atoms with E-state index >= 15 is 0 Å². The summed E-state index contributed by atoms with van der Waals surface area (Å²) < 4.78 is 0.922. The van der Waals surface area contributed by atoms with Gasteiger partial charge in [-0.25, -0.2) is 0 Å². The maximum Gasteiger partial charge on any atom is 0.222 e. The van der Waals surface area contributed by atoms with Crippen molar-refractivity contribution in [2.75, 3.05) is 34.2 Å². The molecular weight excluding hydrogens is 414 g/mol. The van der Waals surface area contributed by atoms with E-state index in [4.69, 9.17) is 0 Å². The number of hydrogen-bond acceptors (Lipinski definition) is 4. The molecule has 0 bridgehead atoms. The molecule has 1 amide bonds. The number of nitrogens with zero attached hydrogens (tertiary/aromatic N) is 4. The summed E-state index contributed by atoms with van der Waals surface area (Å²) in [5.74, 6) is 0.224. The van der Waals surface area contributed by atoms with Crippen LogP contribution in [0.4, 0.5) is 0 Å². The fourth-order valence-electron chi connectivity index (χ4n) is 3.90. The molecule has 0 spiro atoms. The predicted molar refractivity (Wildman–Crippen MR) is 132 cm³/mol. The van der Waals surface area contributed by atoms with E-state index in [1.807, 2.05) is 36.4 Å². The molecule has 1 atom stereocenters. The number of phenols is 1. The lowest BCUT2D eigenvalue weighted by Crippen LogP contribution is -2.36. The van der Waals surface area contributed by atoms with Gasteiger partial charge < -0.3 is 14.9 Å². The zero-order valence-corrected chi connectivity index (χ0v) is 20.8. The van der Waals surface area contributed by atoms with Crippen molar-refractivity contribution in [3.8, 4) is 5.75 Å². The van der Waals surface area contributed by atoms with Crippen molar-refractivity contribution >= 4 is 16.9 Å². The normalized spacial score (nSPS) is 13.3. The van der Waals surface area contributed by atoms with Gasteiger partial charge >= 0.3 is 0 Å². The molecule has 33 heavy (non-hydrogen) atoms. The SMILES string of the molecule is CC(C)(C)c1cc(C(CC(=O)NCCCC[N+](C)(C)C)n2nc3ccccc3n2)ccc1O. The minimum atomic E-state index is -0.370. The summed E-state index contributed by atoms with van der Waals surface area (Å²) in [6, 6.07) is 12.9. The van der Waals surface area contributed by atoms with Gasteiger partial charge in [-0.3, -0.25) is 4.79 Å². The molecule has 0 radical (unpaired) electrons. The van der Waals surface area contributed by atoms with Crippen molar-refractivity contribution in [3.63, 3.8) is 0 Å². The highest BCUT2D eigenvalue weighted by Crippen LogP contribution is 2.34. The van der Waals surface area contributed by atoms with Crippen molar-refractivity contribution in [3.05, 3.63) is 53.6 Å². The molecule has 3 aromatic rings. The molecule has 0 saturated carbocycles. The van der Waals surface area contributed by atoms with Crippen LogP contribution in [-0.2, 0) is 10.2 Å². The number of rotatable bonds is 9. The van der Waals surface area contributed by atoms with Gasteiger partial charge in [0.1, 0.15) is 22.8 Å². The summed E-state index contributed by atoms with van der Waals surface area (Å²) in [4.78, 5) is 14.5. The largest absolute Gasteiger partial charge is 0.508 e. The maximum absolute atomic E-state index is 12.9. The number of phenolic OH excluding ortho intramolecular Hbond substituents is 1. The fraction of sp³-hybridized carbons (Fsp3) is 0.500. The van der Waals surface area contributed by atoms with Crippen LogP contribution in [0.1, 0.15) is 57.2 Å². The Labute approximate surface area is 197 Å². The van der Waals surface area contributed by atoms with Gasteiger partial charge in [0.05, 0.1) is 34.1 Å². The van der Waals surface area contributed by atoms with E-state index in [-0.39, 0.29) is 29.5 Å². The number of benzene rings is 2. The molecule has 1 heterocycles. The number of amides is 1. The van der Waals surface area contributed by atoms with Crippen LogP contribution < -0.4 is 5.32 Å². The lowest BCUT2D eigenvalue weighted by Gasteiger charge is -2.24. The second-order valence-corrected chi connectivity index (χ2v) is 10.8. The van der Waals surface area contributed by atoms with Crippen LogP contribution in [0.2, 0.25) is 0 Å². The highest BCUT2D eigenvalue weighted by molar-refractivity contribution is 5.77. The van der Waals surface area contributed by atoms with Gasteiger partial charge in [0.2, 0.25) is 5.91 Å². The molecule has 7 heteroatoms. The maximum atomic E-state index is 12.9. The van der Waals surface area contributed by atoms with Crippen LogP contribution in [0.3, 0.4) is 0 Å². The van der Waals surface area contributed by atoms with E-state index in [1.165, 1.54) is 0 Å². The van der Waals surface area contributed by atoms with Gasteiger partial charge in [0.25, 0.3) is 0 Å². The quantitative estimate of drug-likeness (QED) is 0.380. The smallest absolute Gasteiger partial charge is 0.222 e. The molecule has 1 aromatic heterocycles. The van der Waals surface area contributed by atoms with Crippen LogP contribution in [0.5, 0.6) is 5.75 Å². The van der Waals surface area contributed by atoms with Gasteiger partial charge in [-0.1, -0.05) is 39.0 Å². The zero-order valence-electron chi connectivity index (χ0n) is 20.8. The van der Waals surface area contributed by atoms with Crippen molar-refractivity contribution in [1.82, 2.24) is 20.3 Å². The number of hydrogen-bond donors (Lipinski definition) is 2. The summed E-state index contributed by atoms with van der Waals surface area (Å²) in [7, 11) is 6.52. The number of unbranched alkanes of at least 4 members (excludes halogenated alkanes) is 1. The Morgan fingerprint density at radius 3 is 2.27 bits per heavy atom. The lowest BCUT2D eigenvalue weighted by atomic mass is 9.84. The van der Waals surface area contributed by atoms with E-state index in [0.29, 0.717) is 6.54 Å². The zero-order chi connectivity index (χ0) is 24.2. The number of carbonyl (C=O) groups is 1. The number of aromatic nitrogens is 3. The highest BCUT2D eigenvalue weighted by atomic mass is 16.3. The van der Waals surface area contributed by atoms with E-state index in [9.17, 15) is 9.90 Å². The first-order chi connectivity index (χ1) is 15.4. The van der Waals surface area contributed by atoms with Gasteiger partial charge in [-0.05, 0) is 53.6 Å². The molecule has 7 nitrogen and oxygen atoms in total. The summed E-state index contributed by atoms with van der Waals surface area (Å²) >= 11 is 0. The Hall–Kier alpha value is -2.93. The van der Waals surface area contributed by atoms with Crippen molar-refractivity contribution in [1.29, 1.82) is 0 Å². The molecule has 0 aliphatic carbocycles. The van der Waals surface area contributed by atoms with Crippen LogP contribution >= 0.6 is 0 Å². The van der Waals surface area contributed by atoms with E-state index in [1.54, 1.807) is 10.9 Å². The molecular formula is C26H38N5O2+. The standard InChI is InChI=1S/C26H37N5O2/c1-26(2,3)20-17-19(13-14-24(20)32)23(30-28-21-11-7-8-12-22(21)29-30)18-25(33)27-15-9-10-16-31(4,5)6/h7-8,11-14,17,23H,9-10,15-16,18H2,1-6H3,(H-,27,32,33)/p+1. The molecule has 178 valence electrons. The number of carbonyl (C=O) groups excluding carboxylic acids is 1. The third kappa shape index (κ3) is 6.78. The fourth-order valence-corrected chi connectivity index (χ4v) is 3.90. The number of quaternary nitrogens is 1. The van der Waals surface area contributed by atoms with Crippen LogP contribution in [0.15, 0.2) is 42.5 Å². The molecule has 0 saturated heterocycles. The Morgan fingerprint density at radius 2 is 1.70 bits per heavy atom. The van der Waals surface area contributed by atoms with Crippen molar-refractivity contribution < 1.29 is 14.4 Å². The first-order valence-corrected chi connectivity index (χ1v) is 11.7. The average molecular weight is 453 g/mol. The molecule has 0 aliphatic heterocycles. The van der Waals surface area contributed by atoms with Crippen LogP contribution in [0.25, 0.3) is 11.0 Å². The Balaban J connectivity index is 1.82. The highest BCUT2D eigenvalue weighted by Gasteiger charge is 2.25. The first kappa shape index (κ1) is 24.7. The van der Waals surface area contributed by atoms with E-state index in [0.717, 1.165) is 46.0 Å². The molecule has 2 N–H and O–H groups in total. The Morgan fingerprint density at radius 1 is 1.06 bits per heavy atom. The summed E-state index contributed by atoms with van der Waals surface area (Å²) in [6.45, 7) is 7.91. The topological polar surface area (TPSA) is 80.0 Å². The number of fused-ring (bicyclic) bond motifs is 1. The molecule has 1 unspecified atom stereocenters. The van der Waals surface area contributed by atoms with E-state index < -0.39 is 0 Å². The van der Waals surface area contributed by atoms with Crippen molar-refractivity contribution in [2.45, 2.75) is 51.5 Å². The van der Waals surface area contributed by atoms with Gasteiger partial charge in [0, 0.05) is 6.54 Å². The van der Waals surface area contributed by atoms with Gasteiger partial charge in [0.15, 0.2) is 0 Å². The summed E-state index contributed by atoms with van der Waals surface area (Å²) in [5, 5.41) is 22.8. The molecule has 0 aliphatic rings. The summed E-state index contributed by atoms with van der Waals surface area (Å²) in [6.07, 6.45) is 2.24. The third-order valence-corrected chi connectivity index (χ3v) is 5.75. The Kier molecular flexibility index (Phi) is 7.42. The average Bonchev–Trinajstić information content (AvgIpc) is 3.14. The number of aromatic hydroxyl groups is 1. The molecule has 3 rings (SSSR count). The Bertz CT molecular complexity index is 1060. The van der Waals surface area contributed by atoms with Gasteiger partial charge in [-0.2, -0.15) is 15.0 Å². The molecule has 0 fully saturated rings. The van der Waals surface area contributed by atoms with Gasteiger partial charge in [-0.15, -0.1) is 0 Å². The van der Waals surface area contributed by atoms with E-state index in [2.05, 4.69) is 57.4 Å². The molecule has 2 aromatic carbocycles. The second kappa shape index (κ2) is 9.91. The predicted octanol–water partition coefficient (Wildman–Crippen LogP) is 4.02. The monoisotopic (exact) mass is 452 g/mol. The number of nitrogens with one attached hydrogen (secondary N) is 1. The van der Waals surface area contributed by atoms with Crippen LogP contribution in [0, 0.1) is 0 Å². The third-order valence-electron chi connectivity index (χ3n) is 5.75.